The summed E-state index contributed by atoms with van der Waals surface area (Å²) < 4.78 is 11.2. The summed E-state index contributed by atoms with van der Waals surface area (Å²) in [5.74, 6) is 3.65. The topological polar surface area (TPSA) is 52.6 Å². The van der Waals surface area contributed by atoms with E-state index in [4.69, 9.17) is 9.47 Å². The average molecular weight is 403 g/mol. The molecule has 4 unspecified atom stereocenters. The number of hydrogen-bond acceptors (Lipinski definition) is 4. The van der Waals surface area contributed by atoms with Gasteiger partial charge < -0.3 is 9.47 Å². The molecule has 4 aliphatic rings. The first-order valence-electron chi connectivity index (χ1n) is 12.0. The zero-order valence-corrected chi connectivity index (χ0v) is 18.5. The first-order valence-corrected chi connectivity index (χ1v) is 12.0. The van der Waals surface area contributed by atoms with Crippen molar-refractivity contribution in [2.24, 2.45) is 35.0 Å². The molecule has 0 spiro atoms. The lowest BCUT2D eigenvalue weighted by atomic mass is 9.49. The van der Waals surface area contributed by atoms with E-state index in [-0.39, 0.29) is 11.5 Å². The van der Waals surface area contributed by atoms with Gasteiger partial charge in [-0.05, 0) is 80.6 Å². The maximum atomic E-state index is 12.2. The van der Waals surface area contributed by atoms with E-state index >= 15 is 0 Å². The van der Waals surface area contributed by atoms with Crippen LogP contribution in [-0.4, -0.2) is 24.6 Å². The third kappa shape index (κ3) is 3.77. The predicted molar refractivity (Wildman–Crippen MR) is 112 cm³/mol. The van der Waals surface area contributed by atoms with Gasteiger partial charge in [0.25, 0.3) is 0 Å². The van der Waals surface area contributed by atoms with Crippen LogP contribution in [-0.2, 0) is 14.3 Å². The van der Waals surface area contributed by atoms with E-state index in [1.54, 1.807) is 0 Å². The second kappa shape index (κ2) is 8.43. The normalized spacial score (nSPS) is 41.1. The van der Waals surface area contributed by atoms with Gasteiger partial charge in [-0.25, -0.2) is 4.79 Å². The predicted octanol–water partition coefficient (Wildman–Crippen LogP) is 6.09. The highest BCUT2D eigenvalue weighted by Crippen LogP contribution is 2.64. The van der Waals surface area contributed by atoms with Crippen LogP contribution in [0.25, 0.3) is 0 Å². The van der Waals surface area contributed by atoms with Crippen LogP contribution in [0.4, 0.5) is 4.79 Å². The Balaban J connectivity index is 1.50. The molecule has 0 bridgehead atoms. The van der Waals surface area contributed by atoms with Crippen molar-refractivity contribution < 1.29 is 19.1 Å². The van der Waals surface area contributed by atoms with Gasteiger partial charge in [0.1, 0.15) is 6.10 Å². The Morgan fingerprint density at radius 1 is 1.21 bits per heavy atom. The van der Waals surface area contributed by atoms with Crippen LogP contribution in [0.1, 0.15) is 85.0 Å². The van der Waals surface area contributed by atoms with E-state index in [1.165, 1.54) is 18.4 Å². The number of ketones is 1. The van der Waals surface area contributed by atoms with Crippen LogP contribution in [0.2, 0.25) is 0 Å². The first kappa shape index (κ1) is 20.9. The monoisotopic (exact) mass is 402 g/mol. The zero-order valence-electron chi connectivity index (χ0n) is 18.5. The molecule has 0 aromatic carbocycles. The van der Waals surface area contributed by atoms with Crippen LogP contribution < -0.4 is 0 Å². The van der Waals surface area contributed by atoms with Gasteiger partial charge >= 0.3 is 6.16 Å². The van der Waals surface area contributed by atoms with Gasteiger partial charge in [0, 0.05) is 11.8 Å². The van der Waals surface area contributed by atoms with Crippen molar-refractivity contribution in [2.45, 2.75) is 91.1 Å². The quantitative estimate of drug-likeness (QED) is 0.413. The number of hydrogen-bond donors (Lipinski definition) is 0. The fourth-order valence-electron chi connectivity index (χ4n) is 7.39. The highest BCUT2D eigenvalue weighted by Gasteiger charge is 2.59. The molecule has 0 radical (unpaired) electrons. The van der Waals surface area contributed by atoms with Gasteiger partial charge in [-0.2, -0.15) is 0 Å². The maximum Gasteiger partial charge on any atom is 0.508 e. The molecule has 0 aromatic heterocycles. The summed E-state index contributed by atoms with van der Waals surface area (Å²) in [6, 6.07) is 0. The largest absolute Gasteiger partial charge is 0.508 e. The summed E-state index contributed by atoms with van der Waals surface area (Å²) in [6.45, 7) is 7.23. The van der Waals surface area contributed by atoms with Gasteiger partial charge in [0.2, 0.25) is 0 Å². The summed E-state index contributed by atoms with van der Waals surface area (Å²) in [4.78, 5) is 24.2. The molecule has 0 heterocycles. The fourth-order valence-corrected chi connectivity index (χ4v) is 7.39. The minimum absolute atomic E-state index is 0.00930. The summed E-state index contributed by atoms with van der Waals surface area (Å²) >= 11 is 0. The third-order valence-corrected chi connectivity index (χ3v) is 8.86. The Morgan fingerprint density at radius 3 is 2.79 bits per heavy atom. The molecule has 0 N–H and O–H groups in total. The lowest BCUT2D eigenvalue weighted by Crippen LogP contribution is -2.51. The number of allylic oxidation sites excluding steroid dienone is 1. The van der Waals surface area contributed by atoms with Crippen molar-refractivity contribution in [3.05, 3.63) is 11.6 Å². The Labute approximate surface area is 175 Å². The molecule has 3 saturated carbocycles. The number of rotatable bonds is 5. The van der Waals surface area contributed by atoms with Crippen molar-refractivity contribution in [1.82, 2.24) is 0 Å². The Kier molecular flexibility index (Phi) is 6.09. The smallest absolute Gasteiger partial charge is 0.434 e. The lowest BCUT2D eigenvalue weighted by Gasteiger charge is -2.56. The van der Waals surface area contributed by atoms with Crippen LogP contribution in [0.15, 0.2) is 11.6 Å². The molecule has 4 nitrogen and oxygen atoms in total. The Bertz CT molecular complexity index is 668. The standard InChI is InChI=1S/C25H38O4/c1-4-6-13-28-24(27)29-22-10-9-21-23-16(5-2)14-17-15-18(26)7-8-19(17)20(23)11-12-25(21,22)3/h15-16,19-23H,4-14H2,1-3H3/t16-,19?,20?,21?,22+,23?,25+/m1/s1. The lowest BCUT2D eigenvalue weighted by molar-refractivity contribution is -0.117. The van der Waals surface area contributed by atoms with Crippen LogP contribution in [0, 0.1) is 35.0 Å². The number of carbonyl (C=O) groups excluding carboxylic acids is 2. The molecule has 0 saturated heterocycles. The average Bonchev–Trinajstić information content (AvgIpc) is 3.03. The molecular weight excluding hydrogens is 364 g/mol. The molecule has 162 valence electrons. The van der Waals surface area contributed by atoms with E-state index in [9.17, 15) is 9.59 Å². The number of ether oxygens (including phenoxy) is 2. The Hall–Kier alpha value is -1.32. The molecular formula is C25H38O4. The van der Waals surface area contributed by atoms with Gasteiger partial charge in [-0.3, -0.25) is 4.79 Å². The minimum Gasteiger partial charge on any atom is -0.434 e. The molecule has 4 rings (SSSR count). The molecule has 0 amide bonds. The van der Waals surface area contributed by atoms with Crippen LogP contribution >= 0.6 is 0 Å². The van der Waals surface area contributed by atoms with Crippen LogP contribution in [0.5, 0.6) is 0 Å². The van der Waals surface area contributed by atoms with Crippen molar-refractivity contribution >= 4 is 11.9 Å². The molecule has 0 aliphatic heterocycles. The summed E-state index contributed by atoms with van der Waals surface area (Å²) in [6.07, 6.45) is 11.9. The molecule has 4 heteroatoms. The van der Waals surface area contributed by atoms with Crippen molar-refractivity contribution in [2.75, 3.05) is 6.61 Å². The van der Waals surface area contributed by atoms with Crippen LogP contribution in [0.3, 0.4) is 0 Å². The molecule has 29 heavy (non-hydrogen) atoms. The summed E-state index contributed by atoms with van der Waals surface area (Å²) in [7, 11) is 0. The highest BCUT2D eigenvalue weighted by atomic mass is 16.7. The maximum absolute atomic E-state index is 12.2. The van der Waals surface area contributed by atoms with E-state index in [1.807, 2.05) is 6.08 Å². The third-order valence-electron chi connectivity index (χ3n) is 8.86. The number of fused-ring (bicyclic) bond motifs is 5. The number of carbonyl (C=O) groups is 2. The number of unbranched alkanes of at least 4 members (excludes halogenated alkanes) is 1. The fraction of sp³-hybridized carbons (Fsp3) is 0.840. The van der Waals surface area contributed by atoms with Gasteiger partial charge in [0.15, 0.2) is 5.78 Å². The van der Waals surface area contributed by atoms with Gasteiger partial charge in [-0.1, -0.05) is 39.2 Å². The summed E-state index contributed by atoms with van der Waals surface area (Å²) in [5.41, 5.74) is 1.52. The van der Waals surface area contributed by atoms with Gasteiger partial charge in [-0.15, -0.1) is 0 Å². The van der Waals surface area contributed by atoms with E-state index in [0.717, 1.165) is 51.4 Å². The summed E-state index contributed by atoms with van der Waals surface area (Å²) in [5, 5.41) is 0. The van der Waals surface area contributed by atoms with E-state index in [0.29, 0.717) is 42.0 Å². The van der Waals surface area contributed by atoms with E-state index < -0.39 is 6.16 Å². The Morgan fingerprint density at radius 2 is 2.03 bits per heavy atom. The zero-order chi connectivity index (χ0) is 20.6. The first-order chi connectivity index (χ1) is 14.0. The minimum atomic E-state index is -0.473. The molecule has 3 fully saturated rings. The highest BCUT2D eigenvalue weighted by molar-refractivity contribution is 5.91. The molecule has 0 aromatic rings. The van der Waals surface area contributed by atoms with Crippen molar-refractivity contribution in [3.8, 4) is 0 Å². The SMILES string of the molecule is CCCCOC(=O)O[C@H]1CCC2C3C(CC[C@@]21C)C1CCC(=O)C=C1C[C@H]3CC. The molecule has 7 atom stereocenters. The second-order valence-electron chi connectivity index (χ2n) is 10.2. The van der Waals surface area contributed by atoms with E-state index in [2.05, 4.69) is 20.8 Å². The van der Waals surface area contributed by atoms with Gasteiger partial charge in [0.05, 0.1) is 6.61 Å². The van der Waals surface area contributed by atoms with Crippen molar-refractivity contribution in [1.29, 1.82) is 0 Å². The van der Waals surface area contributed by atoms with Crippen molar-refractivity contribution in [3.63, 3.8) is 0 Å². The second-order valence-corrected chi connectivity index (χ2v) is 10.2. The molecule has 4 aliphatic carbocycles.